The molecule has 2 heterocycles. The second-order valence-electron chi connectivity index (χ2n) is 8.10. The molecule has 0 amide bonds. The lowest BCUT2D eigenvalue weighted by atomic mass is 9.96. The zero-order valence-corrected chi connectivity index (χ0v) is 21.5. The number of rotatable bonds is 8. The molecule has 0 fully saturated rings. The number of hydrogen-bond donors (Lipinski definition) is 0. The highest BCUT2D eigenvalue weighted by Crippen LogP contribution is 2.31. The molecule has 0 saturated carbocycles. The van der Waals surface area contributed by atoms with E-state index < -0.39 is 18.0 Å². The van der Waals surface area contributed by atoms with E-state index in [1.165, 1.54) is 22.8 Å². The van der Waals surface area contributed by atoms with Crippen LogP contribution in [0.1, 0.15) is 37.9 Å². The lowest BCUT2D eigenvalue weighted by Crippen LogP contribution is -2.39. The van der Waals surface area contributed by atoms with E-state index in [1.54, 1.807) is 62.4 Å². The number of fused-ring (bicyclic) bond motifs is 1. The molecule has 2 aromatic carbocycles. The summed E-state index contributed by atoms with van der Waals surface area (Å²) in [5, 5.41) is 0. The van der Waals surface area contributed by atoms with Crippen LogP contribution in [-0.4, -0.2) is 29.7 Å². The fourth-order valence-corrected chi connectivity index (χ4v) is 5.03. The third-order valence-electron chi connectivity index (χ3n) is 5.54. The van der Waals surface area contributed by atoms with Crippen molar-refractivity contribution in [3.05, 3.63) is 103 Å². The van der Waals surface area contributed by atoms with E-state index in [1.807, 2.05) is 12.1 Å². The normalized spacial score (nSPS) is 15.0. The minimum absolute atomic E-state index is 0.189. The van der Waals surface area contributed by atoms with Crippen LogP contribution in [0.3, 0.4) is 0 Å². The molecule has 4 rings (SSSR count). The van der Waals surface area contributed by atoms with Gasteiger partial charge in [-0.1, -0.05) is 54.3 Å². The quantitative estimate of drug-likeness (QED) is 0.258. The van der Waals surface area contributed by atoms with Crippen molar-refractivity contribution in [2.45, 2.75) is 26.8 Å². The van der Waals surface area contributed by atoms with Gasteiger partial charge in [0.05, 0.1) is 28.5 Å². The summed E-state index contributed by atoms with van der Waals surface area (Å²) in [4.78, 5) is 43.3. The highest BCUT2D eigenvalue weighted by atomic mass is 32.1. The van der Waals surface area contributed by atoms with Gasteiger partial charge in [0, 0.05) is 12.5 Å². The summed E-state index contributed by atoms with van der Waals surface area (Å²) in [6.45, 7) is 8.97. The van der Waals surface area contributed by atoms with Crippen LogP contribution < -0.4 is 24.4 Å². The minimum Gasteiger partial charge on any atom is -0.490 e. The van der Waals surface area contributed by atoms with Crippen LogP contribution in [0.25, 0.3) is 6.08 Å². The number of carbonyl (C=O) groups excluding carboxylic acids is 2. The Morgan fingerprint density at radius 3 is 2.57 bits per heavy atom. The molecule has 1 atom stereocenters. The van der Waals surface area contributed by atoms with Crippen LogP contribution in [-0.2, 0) is 14.3 Å². The summed E-state index contributed by atoms with van der Waals surface area (Å²) >= 11 is 1.19. The summed E-state index contributed by atoms with van der Waals surface area (Å²) in [7, 11) is 0. The second kappa shape index (κ2) is 11.2. The number of allylic oxidation sites excluding steroid dienone is 1. The van der Waals surface area contributed by atoms with Gasteiger partial charge in [-0.3, -0.25) is 14.2 Å². The zero-order chi connectivity index (χ0) is 26.5. The van der Waals surface area contributed by atoms with Gasteiger partial charge in [0.2, 0.25) is 0 Å². The highest BCUT2D eigenvalue weighted by molar-refractivity contribution is 7.07. The van der Waals surface area contributed by atoms with Crippen LogP contribution in [0.5, 0.6) is 11.5 Å². The van der Waals surface area contributed by atoms with E-state index in [4.69, 9.17) is 14.2 Å². The van der Waals surface area contributed by atoms with Crippen molar-refractivity contribution in [1.29, 1.82) is 0 Å². The second-order valence-corrected chi connectivity index (χ2v) is 9.11. The van der Waals surface area contributed by atoms with Gasteiger partial charge in [0.1, 0.15) is 18.1 Å². The molecule has 0 saturated heterocycles. The van der Waals surface area contributed by atoms with Gasteiger partial charge in [-0.15, -0.1) is 0 Å². The van der Waals surface area contributed by atoms with Crippen molar-refractivity contribution in [2.75, 3.05) is 13.2 Å². The number of aromatic nitrogens is 1. The summed E-state index contributed by atoms with van der Waals surface area (Å²) in [6.07, 6.45) is 3.31. The number of thiazole rings is 1. The molecule has 9 heteroatoms. The number of benzene rings is 2. The molecule has 37 heavy (non-hydrogen) atoms. The first kappa shape index (κ1) is 25.8. The topological polar surface area (TPSA) is 96.2 Å². The van der Waals surface area contributed by atoms with E-state index in [2.05, 4.69) is 11.6 Å². The lowest BCUT2D eigenvalue weighted by Gasteiger charge is -2.24. The predicted molar refractivity (Wildman–Crippen MR) is 140 cm³/mol. The van der Waals surface area contributed by atoms with Crippen LogP contribution in [0.15, 0.2) is 82.2 Å². The molecule has 0 radical (unpaired) electrons. The molecule has 0 aliphatic carbocycles. The zero-order valence-electron chi connectivity index (χ0n) is 20.7. The third-order valence-corrected chi connectivity index (χ3v) is 6.52. The van der Waals surface area contributed by atoms with Gasteiger partial charge >= 0.3 is 11.9 Å². The third kappa shape index (κ3) is 5.46. The number of esters is 2. The molecule has 3 aromatic rings. The van der Waals surface area contributed by atoms with Gasteiger partial charge in [-0.25, -0.2) is 9.79 Å². The van der Waals surface area contributed by atoms with E-state index in [9.17, 15) is 14.4 Å². The lowest BCUT2D eigenvalue weighted by molar-refractivity contribution is -0.139. The molecule has 1 aromatic heterocycles. The number of hydrogen-bond acceptors (Lipinski definition) is 8. The molecule has 8 nitrogen and oxygen atoms in total. The first-order valence-corrected chi connectivity index (χ1v) is 12.5. The van der Waals surface area contributed by atoms with Gasteiger partial charge < -0.3 is 14.2 Å². The van der Waals surface area contributed by atoms with E-state index >= 15 is 0 Å². The Balaban J connectivity index is 1.89. The van der Waals surface area contributed by atoms with Crippen molar-refractivity contribution < 1.29 is 23.8 Å². The number of ether oxygens (including phenoxy) is 3. The van der Waals surface area contributed by atoms with Crippen LogP contribution in [0.4, 0.5) is 0 Å². The van der Waals surface area contributed by atoms with Crippen molar-refractivity contribution in [2.24, 2.45) is 4.99 Å². The number of nitrogens with zero attached hydrogens (tertiary/aromatic N) is 2. The van der Waals surface area contributed by atoms with E-state index in [0.29, 0.717) is 49.8 Å². The van der Waals surface area contributed by atoms with Gasteiger partial charge in [-0.2, -0.15) is 0 Å². The monoisotopic (exact) mass is 518 g/mol. The SMILES string of the molecule is C=CCOc1ccc(C2C(C(=O)OCC)=C(C)N=c3sc(=Cc4ccccc4OC(C)=O)c(=O)n32)cc1. The average Bonchev–Trinajstić information content (AvgIpc) is 3.17. The van der Waals surface area contributed by atoms with Crippen molar-refractivity contribution >= 4 is 29.4 Å². The first-order chi connectivity index (χ1) is 17.8. The Bertz CT molecular complexity index is 1560. The fraction of sp³-hybridized carbons (Fsp3) is 0.214. The van der Waals surface area contributed by atoms with Gasteiger partial charge in [0.15, 0.2) is 4.80 Å². The highest BCUT2D eigenvalue weighted by Gasteiger charge is 2.33. The Hall–Kier alpha value is -4.24. The summed E-state index contributed by atoms with van der Waals surface area (Å²) in [5.74, 6) is -0.0137. The molecule has 190 valence electrons. The molecule has 0 N–H and O–H groups in total. The Morgan fingerprint density at radius 1 is 1.16 bits per heavy atom. The smallest absolute Gasteiger partial charge is 0.338 e. The Kier molecular flexibility index (Phi) is 7.83. The van der Waals surface area contributed by atoms with Crippen LogP contribution in [0.2, 0.25) is 0 Å². The van der Waals surface area contributed by atoms with Crippen molar-refractivity contribution in [3.63, 3.8) is 0 Å². The van der Waals surface area contributed by atoms with E-state index in [-0.39, 0.29) is 12.2 Å². The summed E-state index contributed by atoms with van der Waals surface area (Å²) in [5.41, 5.74) is 1.72. The molecule has 0 bridgehead atoms. The number of carbonyl (C=O) groups is 2. The van der Waals surface area contributed by atoms with E-state index in [0.717, 1.165) is 0 Å². The molecule has 1 aliphatic rings. The van der Waals surface area contributed by atoms with Gasteiger partial charge in [-0.05, 0) is 43.7 Å². The maximum absolute atomic E-state index is 13.7. The summed E-state index contributed by atoms with van der Waals surface area (Å²) < 4.78 is 18.1. The number of para-hydroxylation sites is 1. The first-order valence-electron chi connectivity index (χ1n) is 11.6. The maximum Gasteiger partial charge on any atom is 0.338 e. The van der Waals surface area contributed by atoms with Gasteiger partial charge in [0.25, 0.3) is 5.56 Å². The molecule has 1 aliphatic heterocycles. The molecule has 0 spiro atoms. The summed E-state index contributed by atoms with van der Waals surface area (Å²) in [6, 6.07) is 13.4. The molecular weight excluding hydrogens is 492 g/mol. The predicted octanol–water partition coefficient (Wildman–Crippen LogP) is 3.29. The average molecular weight is 519 g/mol. The molecule has 1 unspecified atom stereocenters. The van der Waals surface area contributed by atoms with Crippen LogP contribution >= 0.6 is 11.3 Å². The fourth-order valence-electron chi connectivity index (χ4n) is 4.00. The molecular formula is C28H26N2O6S. The Labute approximate surface area is 217 Å². The minimum atomic E-state index is -0.741. The standard InChI is InChI=1S/C28H26N2O6S/c1-5-15-35-21-13-11-19(12-14-21)25-24(27(33)34-6-2)17(3)29-28-30(25)26(32)23(37-28)16-20-9-7-8-10-22(20)36-18(4)31/h5,7-14,16,25H,1,6,15H2,2-4H3. The van der Waals surface area contributed by atoms with Crippen molar-refractivity contribution in [1.82, 2.24) is 4.57 Å². The largest absolute Gasteiger partial charge is 0.490 e. The van der Waals surface area contributed by atoms with Crippen LogP contribution in [0, 0.1) is 0 Å². The Morgan fingerprint density at radius 2 is 1.89 bits per heavy atom. The van der Waals surface area contributed by atoms with Crippen molar-refractivity contribution in [3.8, 4) is 11.5 Å². The maximum atomic E-state index is 13.7.